The molecule has 2 heterocycles. The molecule has 70 valence electrons. The van der Waals surface area contributed by atoms with Gasteiger partial charge in [0.25, 0.3) is 0 Å². The van der Waals surface area contributed by atoms with Crippen molar-refractivity contribution < 1.29 is 14.4 Å². The number of hydrogen-bond donors (Lipinski definition) is 1. The largest absolute Gasteiger partial charge is 0.389 e. The minimum Gasteiger partial charge on any atom is -0.389 e. The molecule has 0 atom stereocenters. The average molecular weight is 182 g/mol. The summed E-state index contributed by atoms with van der Waals surface area (Å²) < 4.78 is 4.60. The molecule has 13 heavy (non-hydrogen) atoms. The van der Waals surface area contributed by atoms with E-state index in [4.69, 9.17) is 5.11 Å². The number of rotatable bonds is 2. The lowest BCUT2D eigenvalue weighted by Gasteiger charge is -2.35. The summed E-state index contributed by atoms with van der Waals surface area (Å²) in [7, 11) is 0. The van der Waals surface area contributed by atoms with Gasteiger partial charge in [-0.1, -0.05) is 5.16 Å². The standard InChI is InChI=1S/C8H10N2O3/c11-7-4-10(5-7)8(12)3-6-1-2-13-9-6/h1-2,7,11H,3-5H2. The Balaban J connectivity index is 1.86. The van der Waals surface area contributed by atoms with E-state index in [-0.39, 0.29) is 18.4 Å². The average Bonchev–Trinajstić information content (AvgIpc) is 2.51. The van der Waals surface area contributed by atoms with Crippen LogP contribution in [-0.4, -0.2) is 40.3 Å². The Bertz CT molecular complexity index is 290. The number of aliphatic hydroxyl groups excluding tert-OH is 1. The molecule has 1 aromatic heterocycles. The van der Waals surface area contributed by atoms with E-state index in [0.717, 1.165) is 0 Å². The maximum Gasteiger partial charge on any atom is 0.228 e. The lowest BCUT2D eigenvalue weighted by Crippen LogP contribution is -2.53. The van der Waals surface area contributed by atoms with Gasteiger partial charge < -0.3 is 14.5 Å². The molecule has 0 saturated carbocycles. The zero-order valence-electron chi connectivity index (χ0n) is 7.01. The minimum absolute atomic E-state index is 0.0146. The fraction of sp³-hybridized carbons (Fsp3) is 0.500. The molecule has 1 aliphatic heterocycles. The van der Waals surface area contributed by atoms with E-state index < -0.39 is 0 Å². The maximum absolute atomic E-state index is 11.4. The number of likely N-dealkylation sites (tertiary alicyclic amines) is 1. The van der Waals surface area contributed by atoms with E-state index in [0.29, 0.717) is 18.8 Å². The van der Waals surface area contributed by atoms with Gasteiger partial charge in [0.2, 0.25) is 5.91 Å². The zero-order chi connectivity index (χ0) is 9.26. The number of carbonyl (C=O) groups excluding carboxylic acids is 1. The molecular formula is C8H10N2O3. The van der Waals surface area contributed by atoms with Gasteiger partial charge in [-0.3, -0.25) is 4.79 Å². The SMILES string of the molecule is O=C(Cc1ccon1)N1CC(O)C1. The molecule has 1 saturated heterocycles. The molecule has 5 heteroatoms. The van der Waals surface area contributed by atoms with Crippen molar-refractivity contribution in [3.05, 3.63) is 18.0 Å². The van der Waals surface area contributed by atoms with Crippen molar-refractivity contribution in [2.45, 2.75) is 12.5 Å². The van der Waals surface area contributed by atoms with Gasteiger partial charge in [0.15, 0.2) is 0 Å². The molecule has 1 aliphatic rings. The van der Waals surface area contributed by atoms with Crippen LogP contribution in [0.3, 0.4) is 0 Å². The van der Waals surface area contributed by atoms with Crippen LogP contribution in [0.5, 0.6) is 0 Å². The van der Waals surface area contributed by atoms with Gasteiger partial charge in [-0.25, -0.2) is 0 Å². The van der Waals surface area contributed by atoms with Crippen LogP contribution in [0, 0.1) is 0 Å². The molecule has 1 N–H and O–H groups in total. The Morgan fingerprint density at radius 1 is 1.77 bits per heavy atom. The Morgan fingerprint density at radius 2 is 2.54 bits per heavy atom. The summed E-state index contributed by atoms with van der Waals surface area (Å²) >= 11 is 0. The third-order valence-corrected chi connectivity index (χ3v) is 2.04. The van der Waals surface area contributed by atoms with Crippen LogP contribution >= 0.6 is 0 Å². The van der Waals surface area contributed by atoms with Crippen LogP contribution in [0.4, 0.5) is 0 Å². The first-order valence-electron chi connectivity index (χ1n) is 4.11. The van der Waals surface area contributed by atoms with Crippen molar-refractivity contribution in [2.24, 2.45) is 0 Å². The molecule has 0 unspecified atom stereocenters. The molecule has 0 aromatic carbocycles. The monoisotopic (exact) mass is 182 g/mol. The van der Waals surface area contributed by atoms with Gasteiger partial charge in [0.05, 0.1) is 18.2 Å². The highest BCUT2D eigenvalue weighted by Gasteiger charge is 2.28. The summed E-state index contributed by atoms with van der Waals surface area (Å²) in [6.07, 6.45) is 1.35. The van der Waals surface area contributed by atoms with Crippen LogP contribution in [0.1, 0.15) is 5.69 Å². The van der Waals surface area contributed by atoms with E-state index in [1.807, 2.05) is 0 Å². The van der Waals surface area contributed by atoms with Crippen molar-refractivity contribution in [1.29, 1.82) is 0 Å². The van der Waals surface area contributed by atoms with Gasteiger partial charge >= 0.3 is 0 Å². The summed E-state index contributed by atoms with van der Waals surface area (Å²) in [5, 5.41) is 12.6. The number of β-amino-alcohol motifs (C(OH)–C–C–N with tert-alkyl or cyclic N) is 1. The maximum atomic E-state index is 11.4. The topological polar surface area (TPSA) is 66.6 Å². The number of nitrogens with zero attached hydrogens (tertiary/aromatic N) is 2. The smallest absolute Gasteiger partial charge is 0.228 e. The number of hydrogen-bond acceptors (Lipinski definition) is 4. The van der Waals surface area contributed by atoms with Gasteiger partial charge in [-0.05, 0) is 0 Å². The van der Waals surface area contributed by atoms with Crippen molar-refractivity contribution >= 4 is 5.91 Å². The van der Waals surface area contributed by atoms with Crippen molar-refractivity contribution in [3.8, 4) is 0 Å². The number of aliphatic hydroxyl groups is 1. The second-order valence-electron chi connectivity index (χ2n) is 3.12. The Morgan fingerprint density at radius 3 is 3.08 bits per heavy atom. The highest BCUT2D eigenvalue weighted by molar-refractivity contribution is 5.79. The lowest BCUT2D eigenvalue weighted by atomic mass is 10.1. The molecule has 1 aromatic rings. The first kappa shape index (κ1) is 8.25. The molecular weight excluding hydrogens is 172 g/mol. The van der Waals surface area contributed by atoms with E-state index in [9.17, 15) is 4.79 Å². The molecule has 1 fully saturated rings. The van der Waals surface area contributed by atoms with Crippen LogP contribution in [-0.2, 0) is 11.2 Å². The second kappa shape index (κ2) is 3.18. The molecule has 0 radical (unpaired) electrons. The normalized spacial score (nSPS) is 17.2. The predicted molar refractivity (Wildman–Crippen MR) is 42.8 cm³/mol. The fourth-order valence-corrected chi connectivity index (χ4v) is 1.25. The van der Waals surface area contributed by atoms with Gasteiger partial charge in [0, 0.05) is 19.2 Å². The second-order valence-corrected chi connectivity index (χ2v) is 3.12. The van der Waals surface area contributed by atoms with E-state index in [1.54, 1.807) is 11.0 Å². The summed E-state index contributed by atoms with van der Waals surface area (Å²) in [6.45, 7) is 0.882. The molecule has 0 aliphatic carbocycles. The summed E-state index contributed by atoms with van der Waals surface area (Å²) in [5.41, 5.74) is 0.631. The van der Waals surface area contributed by atoms with E-state index >= 15 is 0 Å². The third-order valence-electron chi connectivity index (χ3n) is 2.04. The highest BCUT2D eigenvalue weighted by Crippen LogP contribution is 2.09. The van der Waals surface area contributed by atoms with Crippen LogP contribution < -0.4 is 0 Å². The molecule has 1 amide bonds. The number of aromatic nitrogens is 1. The van der Waals surface area contributed by atoms with Crippen molar-refractivity contribution in [2.75, 3.05) is 13.1 Å². The lowest BCUT2D eigenvalue weighted by molar-refractivity contribution is -0.140. The minimum atomic E-state index is -0.346. The van der Waals surface area contributed by atoms with Crippen molar-refractivity contribution in [3.63, 3.8) is 0 Å². The van der Waals surface area contributed by atoms with Crippen molar-refractivity contribution in [1.82, 2.24) is 10.1 Å². The quantitative estimate of drug-likeness (QED) is 0.664. The van der Waals surface area contributed by atoms with Gasteiger partial charge in [-0.15, -0.1) is 0 Å². The Kier molecular flexibility index (Phi) is 2.02. The molecule has 2 rings (SSSR count). The Hall–Kier alpha value is -1.36. The molecule has 0 bridgehead atoms. The summed E-state index contributed by atoms with van der Waals surface area (Å²) in [4.78, 5) is 13.0. The predicted octanol–water partition coefficient (Wildman–Crippen LogP) is -0.580. The number of carbonyl (C=O) groups is 1. The first-order valence-corrected chi connectivity index (χ1v) is 4.11. The molecule has 0 spiro atoms. The highest BCUT2D eigenvalue weighted by atomic mass is 16.5. The number of amides is 1. The first-order chi connectivity index (χ1) is 6.25. The summed E-state index contributed by atoms with van der Waals surface area (Å²) in [6, 6.07) is 1.66. The van der Waals surface area contributed by atoms with Crippen LogP contribution in [0.25, 0.3) is 0 Å². The molecule has 5 nitrogen and oxygen atoms in total. The van der Waals surface area contributed by atoms with E-state index in [2.05, 4.69) is 9.68 Å². The fourth-order valence-electron chi connectivity index (χ4n) is 1.25. The Labute approximate surface area is 74.9 Å². The summed E-state index contributed by atoms with van der Waals surface area (Å²) in [5.74, 6) is -0.0146. The van der Waals surface area contributed by atoms with Gasteiger partial charge in [0.1, 0.15) is 6.26 Å². The van der Waals surface area contributed by atoms with E-state index in [1.165, 1.54) is 6.26 Å². The van der Waals surface area contributed by atoms with Gasteiger partial charge in [-0.2, -0.15) is 0 Å². The third kappa shape index (κ3) is 1.70. The van der Waals surface area contributed by atoms with Crippen LogP contribution in [0.15, 0.2) is 16.9 Å². The zero-order valence-corrected chi connectivity index (χ0v) is 7.01. The van der Waals surface area contributed by atoms with Crippen LogP contribution in [0.2, 0.25) is 0 Å².